The predicted octanol–water partition coefficient (Wildman–Crippen LogP) is 1.67. The van der Waals surface area contributed by atoms with Crippen molar-refractivity contribution in [3.05, 3.63) is 30.3 Å². The number of hydrogen-bond acceptors (Lipinski definition) is 5. The van der Waals surface area contributed by atoms with Crippen molar-refractivity contribution < 1.29 is 14.2 Å². The molecule has 2 N–H and O–H groups in total. The summed E-state index contributed by atoms with van der Waals surface area (Å²) in [6, 6.07) is 9.97. The summed E-state index contributed by atoms with van der Waals surface area (Å²) in [7, 11) is 0. The lowest BCUT2D eigenvalue weighted by atomic mass is 10.3. The smallest absolute Gasteiger partial charge is 0.116 e. The normalized spacial score (nSPS) is 10.6. The molecule has 0 fully saturated rings. The van der Waals surface area contributed by atoms with E-state index >= 15 is 0 Å². The standard InChI is InChI=1S/C14H24N2O3/c1-2-17-12-15-8-9-18-10-11-19-13-16-14-6-4-3-5-7-14/h3-7,15-16H,2,8-13H2,1H3. The summed E-state index contributed by atoms with van der Waals surface area (Å²) in [6.45, 7) is 6.44. The molecule has 0 heterocycles. The van der Waals surface area contributed by atoms with Gasteiger partial charge in [0.15, 0.2) is 0 Å². The zero-order chi connectivity index (χ0) is 13.6. The largest absolute Gasteiger partial charge is 0.378 e. The van der Waals surface area contributed by atoms with Gasteiger partial charge in [0.2, 0.25) is 0 Å². The van der Waals surface area contributed by atoms with E-state index in [1.54, 1.807) is 0 Å². The molecule has 0 aliphatic heterocycles. The number of benzene rings is 1. The Balaban J connectivity index is 1.79. The van der Waals surface area contributed by atoms with E-state index in [-0.39, 0.29) is 0 Å². The van der Waals surface area contributed by atoms with Crippen LogP contribution in [-0.2, 0) is 14.2 Å². The first-order chi connectivity index (χ1) is 9.43. The zero-order valence-corrected chi connectivity index (χ0v) is 11.6. The fraction of sp³-hybridized carbons (Fsp3) is 0.571. The fourth-order valence-corrected chi connectivity index (χ4v) is 1.37. The number of ether oxygens (including phenoxy) is 3. The maximum absolute atomic E-state index is 5.40. The van der Waals surface area contributed by atoms with Crippen LogP contribution >= 0.6 is 0 Å². The number of hydrogen-bond donors (Lipinski definition) is 2. The molecule has 0 spiro atoms. The van der Waals surface area contributed by atoms with Gasteiger partial charge < -0.3 is 19.5 Å². The molecule has 0 saturated heterocycles. The van der Waals surface area contributed by atoms with Crippen LogP contribution in [0.5, 0.6) is 0 Å². The first-order valence-corrected chi connectivity index (χ1v) is 6.66. The van der Waals surface area contributed by atoms with E-state index in [9.17, 15) is 0 Å². The average molecular weight is 268 g/mol. The van der Waals surface area contributed by atoms with Crippen molar-refractivity contribution in [1.82, 2.24) is 5.32 Å². The van der Waals surface area contributed by atoms with Gasteiger partial charge in [-0.15, -0.1) is 0 Å². The highest BCUT2D eigenvalue weighted by atomic mass is 16.5. The molecule has 0 aromatic heterocycles. The van der Waals surface area contributed by atoms with Gasteiger partial charge in [-0.1, -0.05) is 18.2 Å². The van der Waals surface area contributed by atoms with Gasteiger partial charge >= 0.3 is 0 Å². The highest BCUT2D eigenvalue weighted by Crippen LogP contribution is 2.03. The molecule has 1 rings (SSSR count). The Morgan fingerprint density at radius 1 is 0.895 bits per heavy atom. The molecule has 0 radical (unpaired) electrons. The molecule has 0 aliphatic carbocycles. The third-order valence-electron chi connectivity index (χ3n) is 2.36. The molecule has 19 heavy (non-hydrogen) atoms. The molecule has 0 aliphatic rings. The molecule has 5 nitrogen and oxygen atoms in total. The van der Waals surface area contributed by atoms with E-state index in [4.69, 9.17) is 14.2 Å². The molecule has 0 saturated carbocycles. The summed E-state index contributed by atoms with van der Waals surface area (Å²) in [5, 5.41) is 6.27. The Kier molecular flexibility index (Phi) is 9.99. The van der Waals surface area contributed by atoms with E-state index in [1.807, 2.05) is 37.3 Å². The van der Waals surface area contributed by atoms with Crippen LogP contribution in [0.1, 0.15) is 6.92 Å². The fourth-order valence-electron chi connectivity index (χ4n) is 1.37. The Morgan fingerprint density at radius 3 is 2.47 bits per heavy atom. The second-order valence-corrected chi connectivity index (χ2v) is 3.84. The molecular formula is C14H24N2O3. The lowest BCUT2D eigenvalue weighted by molar-refractivity contribution is 0.0510. The predicted molar refractivity (Wildman–Crippen MR) is 76.2 cm³/mol. The minimum Gasteiger partial charge on any atom is -0.378 e. The summed E-state index contributed by atoms with van der Waals surface area (Å²) in [5.41, 5.74) is 1.06. The molecular weight excluding hydrogens is 244 g/mol. The molecule has 0 atom stereocenters. The first-order valence-electron chi connectivity index (χ1n) is 6.66. The van der Waals surface area contributed by atoms with Gasteiger partial charge in [-0.05, 0) is 19.1 Å². The number of nitrogens with one attached hydrogen (secondary N) is 2. The minimum absolute atomic E-state index is 0.496. The summed E-state index contributed by atoms with van der Waals surface area (Å²) < 4.78 is 15.9. The second-order valence-electron chi connectivity index (χ2n) is 3.84. The van der Waals surface area contributed by atoms with E-state index < -0.39 is 0 Å². The molecule has 5 heteroatoms. The van der Waals surface area contributed by atoms with Gasteiger partial charge in [-0.3, -0.25) is 5.32 Å². The number of rotatable bonds is 12. The topological polar surface area (TPSA) is 51.8 Å². The lowest BCUT2D eigenvalue weighted by Gasteiger charge is -2.08. The SMILES string of the molecule is CCOCNCCOCCOCNc1ccccc1. The van der Waals surface area contributed by atoms with Crippen molar-refractivity contribution in [2.75, 3.05) is 51.8 Å². The van der Waals surface area contributed by atoms with Crippen LogP contribution in [-0.4, -0.2) is 46.4 Å². The minimum atomic E-state index is 0.496. The Morgan fingerprint density at radius 2 is 1.68 bits per heavy atom. The second kappa shape index (κ2) is 11.9. The highest BCUT2D eigenvalue weighted by Gasteiger charge is 1.91. The van der Waals surface area contributed by atoms with Crippen molar-refractivity contribution in [2.24, 2.45) is 0 Å². The summed E-state index contributed by atoms with van der Waals surface area (Å²) >= 11 is 0. The Bertz CT molecular complexity index is 296. The number of anilines is 1. The number of para-hydroxylation sites is 1. The quantitative estimate of drug-likeness (QED) is 0.446. The monoisotopic (exact) mass is 268 g/mol. The first kappa shape index (κ1) is 15.9. The lowest BCUT2D eigenvalue weighted by Crippen LogP contribution is -2.23. The van der Waals surface area contributed by atoms with Gasteiger partial charge in [-0.25, -0.2) is 0 Å². The van der Waals surface area contributed by atoms with E-state index in [1.165, 1.54) is 0 Å². The molecule has 0 amide bonds. The highest BCUT2D eigenvalue weighted by molar-refractivity contribution is 5.41. The Hall–Kier alpha value is -1.14. The summed E-state index contributed by atoms with van der Waals surface area (Å²) in [6.07, 6.45) is 0. The van der Waals surface area contributed by atoms with E-state index in [2.05, 4.69) is 10.6 Å². The van der Waals surface area contributed by atoms with Crippen LogP contribution < -0.4 is 10.6 Å². The van der Waals surface area contributed by atoms with Crippen molar-refractivity contribution >= 4 is 5.69 Å². The Labute approximate surface area is 115 Å². The van der Waals surface area contributed by atoms with Crippen LogP contribution in [0.3, 0.4) is 0 Å². The summed E-state index contributed by atoms with van der Waals surface area (Å²) in [5.74, 6) is 0. The van der Waals surface area contributed by atoms with Crippen LogP contribution in [0.15, 0.2) is 30.3 Å². The van der Waals surface area contributed by atoms with Crippen LogP contribution in [0.2, 0.25) is 0 Å². The van der Waals surface area contributed by atoms with Crippen molar-refractivity contribution in [3.63, 3.8) is 0 Å². The molecule has 1 aromatic rings. The maximum Gasteiger partial charge on any atom is 0.116 e. The van der Waals surface area contributed by atoms with Gasteiger partial charge in [0.05, 0.1) is 26.6 Å². The van der Waals surface area contributed by atoms with Crippen molar-refractivity contribution in [2.45, 2.75) is 6.92 Å². The molecule has 1 aromatic carbocycles. The van der Waals surface area contributed by atoms with E-state index in [0.717, 1.165) is 18.8 Å². The molecule has 0 bridgehead atoms. The van der Waals surface area contributed by atoms with Crippen molar-refractivity contribution in [3.8, 4) is 0 Å². The van der Waals surface area contributed by atoms with Gasteiger partial charge in [0, 0.05) is 18.8 Å². The van der Waals surface area contributed by atoms with Crippen LogP contribution in [0, 0.1) is 0 Å². The van der Waals surface area contributed by atoms with Crippen LogP contribution in [0.4, 0.5) is 5.69 Å². The molecule has 0 unspecified atom stereocenters. The zero-order valence-electron chi connectivity index (χ0n) is 11.6. The van der Waals surface area contributed by atoms with Crippen LogP contribution in [0.25, 0.3) is 0 Å². The van der Waals surface area contributed by atoms with Gasteiger partial charge in [0.25, 0.3) is 0 Å². The molecule has 108 valence electrons. The third kappa shape index (κ3) is 9.44. The van der Waals surface area contributed by atoms with Gasteiger partial charge in [0.1, 0.15) is 6.73 Å². The van der Waals surface area contributed by atoms with Gasteiger partial charge in [-0.2, -0.15) is 0 Å². The van der Waals surface area contributed by atoms with Crippen molar-refractivity contribution in [1.29, 1.82) is 0 Å². The summed E-state index contributed by atoms with van der Waals surface area (Å²) in [4.78, 5) is 0. The third-order valence-corrected chi connectivity index (χ3v) is 2.36. The average Bonchev–Trinajstić information content (AvgIpc) is 2.46. The van der Waals surface area contributed by atoms with E-state index in [0.29, 0.717) is 33.3 Å². The maximum atomic E-state index is 5.40.